The van der Waals surface area contributed by atoms with Gasteiger partial charge in [0, 0.05) is 6.20 Å². The number of carbonyl (C=O) groups is 1. The first-order valence-corrected chi connectivity index (χ1v) is 3.50. The first kappa shape index (κ1) is 11.2. The minimum Gasteiger partial charge on any atom is -0.401 e. The van der Waals surface area contributed by atoms with E-state index in [1.54, 1.807) is 0 Å². The third-order valence-corrected chi connectivity index (χ3v) is 1.32. The number of pyridine rings is 1. The zero-order chi connectivity index (χ0) is 11.6. The van der Waals surface area contributed by atoms with E-state index in [0.29, 0.717) is 12.3 Å². The molecule has 0 saturated heterocycles. The molecule has 0 aliphatic heterocycles. The molecule has 1 rings (SSSR count). The molecule has 2 N–H and O–H groups in total. The van der Waals surface area contributed by atoms with E-state index in [0.717, 1.165) is 0 Å². The second-order valence-corrected chi connectivity index (χ2v) is 2.42. The number of nitrogens with two attached hydrogens (primary N) is 1. The molecule has 4 nitrogen and oxygen atoms in total. The van der Waals surface area contributed by atoms with Crippen LogP contribution in [0.15, 0.2) is 12.3 Å². The van der Waals surface area contributed by atoms with Crippen LogP contribution in [0.5, 0.6) is 5.75 Å². The van der Waals surface area contributed by atoms with Crippen LogP contribution in [0.4, 0.5) is 17.6 Å². The SMILES string of the molecule is NC(=O)c1cnc(F)c(OC(F)(F)F)c1. The summed E-state index contributed by atoms with van der Waals surface area (Å²) < 4.78 is 51.1. The van der Waals surface area contributed by atoms with Crippen LogP contribution in [-0.4, -0.2) is 17.3 Å². The number of carbonyl (C=O) groups excluding carboxylic acids is 1. The van der Waals surface area contributed by atoms with Crippen LogP contribution in [0.2, 0.25) is 0 Å². The van der Waals surface area contributed by atoms with Gasteiger partial charge in [0.2, 0.25) is 5.91 Å². The Balaban J connectivity index is 3.06. The quantitative estimate of drug-likeness (QED) is 0.606. The van der Waals surface area contributed by atoms with Crippen LogP contribution in [0, 0.1) is 5.95 Å². The number of primary amides is 1. The van der Waals surface area contributed by atoms with E-state index >= 15 is 0 Å². The number of hydrogen-bond donors (Lipinski definition) is 1. The molecule has 0 aliphatic rings. The zero-order valence-electron chi connectivity index (χ0n) is 7.01. The van der Waals surface area contributed by atoms with Crippen LogP contribution in [0.1, 0.15) is 10.4 Å². The Bertz CT molecular complexity index is 391. The molecular formula is C7H4F4N2O2. The summed E-state index contributed by atoms with van der Waals surface area (Å²) >= 11 is 0. The number of rotatable bonds is 2. The van der Waals surface area contributed by atoms with Crippen LogP contribution in [-0.2, 0) is 0 Å². The standard InChI is InChI=1S/C7H4F4N2O2/c8-5-4(15-7(9,10)11)1-3(2-13-5)6(12)14/h1-2H,(H2,12,14). The number of aromatic nitrogens is 1. The highest BCUT2D eigenvalue weighted by atomic mass is 19.4. The molecule has 0 atom stereocenters. The molecule has 15 heavy (non-hydrogen) atoms. The van der Waals surface area contributed by atoms with E-state index in [1.807, 2.05) is 0 Å². The molecule has 0 aromatic carbocycles. The van der Waals surface area contributed by atoms with Crippen LogP contribution < -0.4 is 10.5 Å². The van der Waals surface area contributed by atoms with Gasteiger partial charge in [0.1, 0.15) is 0 Å². The Morgan fingerprint density at radius 3 is 2.53 bits per heavy atom. The predicted molar refractivity (Wildman–Crippen MR) is 39.4 cm³/mol. The Morgan fingerprint density at radius 2 is 2.07 bits per heavy atom. The lowest BCUT2D eigenvalue weighted by Crippen LogP contribution is -2.19. The summed E-state index contributed by atoms with van der Waals surface area (Å²) in [5.41, 5.74) is 4.38. The fourth-order valence-electron chi connectivity index (χ4n) is 0.759. The largest absolute Gasteiger partial charge is 0.573 e. The van der Waals surface area contributed by atoms with Crippen molar-refractivity contribution < 1.29 is 27.1 Å². The average molecular weight is 224 g/mol. The minimum atomic E-state index is -5.06. The lowest BCUT2D eigenvalue weighted by molar-refractivity contribution is -0.275. The van der Waals surface area contributed by atoms with Crippen molar-refractivity contribution in [3.8, 4) is 5.75 Å². The highest BCUT2D eigenvalue weighted by molar-refractivity contribution is 5.92. The topological polar surface area (TPSA) is 65.2 Å². The van der Waals surface area contributed by atoms with Gasteiger partial charge in [-0.05, 0) is 6.07 Å². The first-order valence-electron chi connectivity index (χ1n) is 3.50. The summed E-state index contributed by atoms with van der Waals surface area (Å²) in [7, 11) is 0. The molecule has 1 amide bonds. The van der Waals surface area contributed by atoms with Crippen molar-refractivity contribution in [1.82, 2.24) is 4.98 Å². The molecule has 1 aromatic rings. The van der Waals surface area contributed by atoms with Crippen LogP contribution >= 0.6 is 0 Å². The molecule has 0 aliphatic carbocycles. The molecule has 0 bridgehead atoms. The van der Waals surface area contributed by atoms with E-state index < -0.39 is 24.0 Å². The van der Waals surface area contributed by atoms with Gasteiger partial charge < -0.3 is 10.5 Å². The Labute approximate surface area is 80.7 Å². The monoisotopic (exact) mass is 224 g/mol. The van der Waals surface area contributed by atoms with Crippen molar-refractivity contribution in [2.45, 2.75) is 6.36 Å². The number of amides is 1. The number of alkyl halides is 3. The maximum Gasteiger partial charge on any atom is 0.573 e. The summed E-state index contributed by atoms with van der Waals surface area (Å²) in [6, 6.07) is 0.526. The number of hydrogen-bond acceptors (Lipinski definition) is 3. The van der Waals surface area contributed by atoms with E-state index in [1.165, 1.54) is 0 Å². The second-order valence-electron chi connectivity index (χ2n) is 2.42. The van der Waals surface area contributed by atoms with Crippen molar-refractivity contribution in [3.63, 3.8) is 0 Å². The Morgan fingerprint density at radius 1 is 1.47 bits per heavy atom. The van der Waals surface area contributed by atoms with Gasteiger partial charge in [-0.25, -0.2) is 4.98 Å². The minimum absolute atomic E-state index is 0.379. The Hall–Kier alpha value is -1.86. The normalized spacial score (nSPS) is 11.2. The molecule has 0 radical (unpaired) electrons. The summed E-state index contributed by atoms with van der Waals surface area (Å²) in [5.74, 6) is -3.70. The number of ether oxygens (including phenoxy) is 1. The molecule has 82 valence electrons. The molecule has 0 fully saturated rings. The van der Waals surface area contributed by atoms with Crippen molar-refractivity contribution in [3.05, 3.63) is 23.8 Å². The molecule has 0 spiro atoms. The van der Waals surface area contributed by atoms with Crippen LogP contribution in [0.25, 0.3) is 0 Å². The summed E-state index contributed by atoms with van der Waals surface area (Å²) in [6.45, 7) is 0. The van der Waals surface area contributed by atoms with E-state index in [4.69, 9.17) is 5.73 Å². The molecular weight excluding hydrogens is 220 g/mol. The molecule has 0 unspecified atom stereocenters. The molecule has 1 heterocycles. The average Bonchev–Trinajstić information content (AvgIpc) is 2.06. The lowest BCUT2D eigenvalue weighted by Gasteiger charge is -2.09. The van der Waals surface area contributed by atoms with E-state index in [9.17, 15) is 22.4 Å². The van der Waals surface area contributed by atoms with Gasteiger partial charge in [0.25, 0.3) is 5.95 Å². The summed E-state index contributed by atoms with van der Waals surface area (Å²) in [6.07, 6.45) is -4.35. The van der Waals surface area contributed by atoms with Gasteiger partial charge in [-0.2, -0.15) is 4.39 Å². The smallest absolute Gasteiger partial charge is 0.401 e. The fourth-order valence-corrected chi connectivity index (χ4v) is 0.759. The first-order chi connectivity index (χ1) is 6.79. The van der Waals surface area contributed by atoms with Gasteiger partial charge in [0.15, 0.2) is 5.75 Å². The van der Waals surface area contributed by atoms with Crippen molar-refractivity contribution in [2.75, 3.05) is 0 Å². The molecule has 8 heteroatoms. The summed E-state index contributed by atoms with van der Waals surface area (Å²) in [4.78, 5) is 13.4. The third kappa shape index (κ3) is 3.08. The maximum atomic E-state index is 12.7. The van der Waals surface area contributed by atoms with Crippen molar-refractivity contribution in [2.24, 2.45) is 5.73 Å². The predicted octanol–water partition coefficient (Wildman–Crippen LogP) is 1.22. The number of halogens is 4. The second kappa shape index (κ2) is 3.71. The highest BCUT2D eigenvalue weighted by Crippen LogP contribution is 2.24. The van der Waals surface area contributed by atoms with Gasteiger partial charge in [-0.3, -0.25) is 4.79 Å². The highest BCUT2D eigenvalue weighted by Gasteiger charge is 2.33. The van der Waals surface area contributed by atoms with Crippen molar-refractivity contribution in [1.29, 1.82) is 0 Å². The van der Waals surface area contributed by atoms with E-state index in [2.05, 4.69) is 9.72 Å². The van der Waals surface area contributed by atoms with Gasteiger partial charge in [0.05, 0.1) is 5.56 Å². The van der Waals surface area contributed by atoms with Crippen LogP contribution in [0.3, 0.4) is 0 Å². The molecule has 0 saturated carbocycles. The van der Waals surface area contributed by atoms with Gasteiger partial charge in [-0.1, -0.05) is 0 Å². The van der Waals surface area contributed by atoms with Gasteiger partial charge >= 0.3 is 6.36 Å². The fraction of sp³-hybridized carbons (Fsp3) is 0.143. The van der Waals surface area contributed by atoms with E-state index in [-0.39, 0.29) is 5.56 Å². The summed E-state index contributed by atoms with van der Waals surface area (Å²) in [5, 5.41) is 0. The maximum absolute atomic E-state index is 12.7. The number of nitrogens with zero attached hydrogens (tertiary/aromatic N) is 1. The molecule has 1 aromatic heterocycles. The zero-order valence-corrected chi connectivity index (χ0v) is 7.01. The Kier molecular flexibility index (Phi) is 2.78. The third-order valence-electron chi connectivity index (χ3n) is 1.32. The van der Waals surface area contributed by atoms with Gasteiger partial charge in [-0.15, -0.1) is 13.2 Å². The lowest BCUT2D eigenvalue weighted by atomic mass is 10.2. The van der Waals surface area contributed by atoms with Crippen molar-refractivity contribution >= 4 is 5.91 Å².